The third kappa shape index (κ3) is 3.32. The molecule has 0 aliphatic rings. The van der Waals surface area contributed by atoms with Gasteiger partial charge in [0.2, 0.25) is 0 Å². The number of benzene rings is 2. The molecule has 0 unspecified atom stereocenters. The second-order valence-electron chi connectivity index (χ2n) is 6.38. The Morgan fingerprint density at radius 1 is 1.08 bits per heavy atom. The minimum Gasteiger partial charge on any atom is -0.497 e. The van der Waals surface area contributed by atoms with Crippen molar-refractivity contribution in [1.29, 1.82) is 0 Å². The zero-order valence-electron chi connectivity index (χ0n) is 14.8. The van der Waals surface area contributed by atoms with E-state index in [4.69, 9.17) is 14.7 Å². The van der Waals surface area contributed by atoms with Crippen LogP contribution < -0.4 is 15.0 Å². The molecule has 0 spiro atoms. The van der Waals surface area contributed by atoms with Crippen molar-refractivity contribution < 1.29 is 19.5 Å². The number of fused-ring (bicyclic) bond motifs is 1. The van der Waals surface area contributed by atoms with Crippen LogP contribution in [0.25, 0.3) is 10.9 Å². The minimum absolute atomic E-state index is 0.472. The van der Waals surface area contributed by atoms with Crippen LogP contribution in [0.5, 0.6) is 17.2 Å². The van der Waals surface area contributed by atoms with Crippen LogP contribution in [0, 0.1) is 0 Å². The first-order valence-corrected chi connectivity index (χ1v) is 8.11. The highest BCUT2D eigenvalue weighted by atomic mass is 16.5. The molecule has 1 aromatic heterocycles. The van der Waals surface area contributed by atoms with E-state index in [-0.39, 0.29) is 0 Å². The first kappa shape index (κ1) is 17.7. The van der Waals surface area contributed by atoms with E-state index >= 15 is 0 Å². The standard InChI is InChI=1S/C20H20N2O4/c1-20(2,19(23)22-24)13-4-6-14(7-5-13)26-18-10-11-21-17-12-15(25-3)8-9-16(17)18/h4-12,24H,1-3H3,(H,22,23). The summed E-state index contributed by atoms with van der Waals surface area (Å²) in [6.45, 7) is 3.47. The van der Waals surface area contributed by atoms with Crippen LogP contribution in [-0.2, 0) is 10.2 Å². The van der Waals surface area contributed by atoms with Crippen molar-refractivity contribution in [2.24, 2.45) is 0 Å². The SMILES string of the molecule is COc1ccc2c(Oc3ccc(C(C)(C)C(=O)NO)cc3)ccnc2c1. The number of nitrogens with zero attached hydrogens (tertiary/aromatic N) is 1. The molecule has 0 aliphatic carbocycles. The quantitative estimate of drug-likeness (QED) is 0.539. The van der Waals surface area contributed by atoms with Gasteiger partial charge in [0.05, 0.1) is 18.0 Å². The summed E-state index contributed by atoms with van der Waals surface area (Å²) in [6, 6.07) is 14.6. The second kappa shape index (κ2) is 7.01. The Morgan fingerprint density at radius 2 is 1.77 bits per heavy atom. The normalized spacial score (nSPS) is 11.2. The lowest BCUT2D eigenvalue weighted by molar-refractivity contribution is -0.134. The third-order valence-corrected chi connectivity index (χ3v) is 4.38. The van der Waals surface area contributed by atoms with E-state index in [0.29, 0.717) is 11.5 Å². The summed E-state index contributed by atoms with van der Waals surface area (Å²) in [5.74, 6) is 1.58. The van der Waals surface area contributed by atoms with Crippen LogP contribution in [0.2, 0.25) is 0 Å². The maximum absolute atomic E-state index is 11.8. The van der Waals surface area contributed by atoms with E-state index in [0.717, 1.165) is 22.2 Å². The zero-order chi connectivity index (χ0) is 18.7. The van der Waals surface area contributed by atoms with E-state index in [9.17, 15) is 4.79 Å². The van der Waals surface area contributed by atoms with Gasteiger partial charge in [-0.05, 0) is 49.7 Å². The summed E-state index contributed by atoms with van der Waals surface area (Å²) in [7, 11) is 1.61. The monoisotopic (exact) mass is 352 g/mol. The molecule has 0 bridgehead atoms. The molecular weight excluding hydrogens is 332 g/mol. The number of hydrogen-bond acceptors (Lipinski definition) is 5. The Labute approximate surface area is 151 Å². The molecule has 134 valence electrons. The third-order valence-electron chi connectivity index (χ3n) is 4.38. The summed E-state index contributed by atoms with van der Waals surface area (Å²) in [5, 5.41) is 9.75. The molecule has 6 heteroatoms. The number of carbonyl (C=O) groups is 1. The van der Waals surface area contributed by atoms with Gasteiger partial charge in [-0.15, -0.1) is 0 Å². The molecular formula is C20H20N2O4. The van der Waals surface area contributed by atoms with Crippen LogP contribution in [0.4, 0.5) is 0 Å². The molecule has 0 radical (unpaired) electrons. The van der Waals surface area contributed by atoms with Gasteiger partial charge in [-0.25, -0.2) is 5.48 Å². The summed E-state index contributed by atoms with van der Waals surface area (Å²) in [5.41, 5.74) is 2.39. The molecule has 6 nitrogen and oxygen atoms in total. The summed E-state index contributed by atoms with van der Waals surface area (Å²) < 4.78 is 11.2. The van der Waals surface area contributed by atoms with E-state index in [1.54, 1.807) is 63.0 Å². The molecule has 26 heavy (non-hydrogen) atoms. The zero-order valence-corrected chi connectivity index (χ0v) is 14.8. The lowest BCUT2D eigenvalue weighted by Crippen LogP contribution is -2.38. The van der Waals surface area contributed by atoms with Crippen molar-refractivity contribution in [1.82, 2.24) is 10.5 Å². The Bertz CT molecular complexity index is 936. The smallest absolute Gasteiger partial charge is 0.253 e. The number of amides is 1. The first-order chi connectivity index (χ1) is 12.5. The van der Waals surface area contributed by atoms with Crippen LogP contribution in [0.1, 0.15) is 19.4 Å². The minimum atomic E-state index is -0.854. The van der Waals surface area contributed by atoms with Crippen LogP contribution >= 0.6 is 0 Å². The van der Waals surface area contributed by atoms with Crippen molar-refractivity contribution in [3.05, 3.63) is 60.3 Å². The van der Waals surface area contributed by atoms with Gasteiger partial charge in [0, 0.05) is 17.6 Å². The predicted octanol–water partition coefficient (Wildman–Crippen LogP) is 3.82. The van der Waals surface area contributed by atoms with Gasteiger partial charge in [-0.3, -0.25) is 15.0 Å². The van der Waals surface area contributed by atoms with Crippen LogP contribution in [0.15, 0.2) is 54.7 Å². The number of methoxy groups -OCH3 is 1. The number of hydrogen-bond donors (Lipinski definition) is 2. The molecule has 0 atom stereocenters. The van der Waals surface area contributed by atoms with Crippen LogP contribution in [-0.4, -0.2) is 23.2 Å². The Kier molecular flexibility index (Phi) is 4.77. The lowest BCUT2D eigenvalue weighted by Gasteiger charge is -2.22. The van der Waals surface area contributed by atoms with Gasteiger partial charge < -0.3 is 9.47 Å². The Balaban J connectivity index is 1.88. The lowest BCUT2D eigenvalue weighted by atomic mass is 9.84. The number of pyridine rings is 1. The Hall–Kier alpha value is -3.12. The molecule has 2 aromatic carbocycles. The van der Waals surface area contributed by atoms with Crippen molar-refractivity contribution >= 4 is 16.8 Å². The Morgan fingerprint density at radius 3 is 2.42 bits per heavy atom. The van der Waals surface area contributed by atoms with Crippen molar-refractivity contribution in [2.45, 2.75) is 19.3 Å². The van der Waals surface area contributed by atoms with E-state index in [1.807, 2.05) is 18.2 Å². The summed E-state index contributed by atoms with van der Waals surface area (Å²) >= 11 is 0. The maximum Gasteiger partial charge on any atom is 0.253 e. The number of carbonyl (C=O) groups excluding carboxylic acids is 1. The largest absolute Gasteiger partial charge is 0.497 e. The molecule has 3 aromatic rings. The average molecular weight is 352 g/mol. The fraction of sp³-hybridized carbons (Fsp3) is 0.200. The van der Waals surface area contributed by atoms with Crippen molar-refractivity contribution in [2.75, 3.05) is 7.11 Å². The number of ether oxygens (including phenoxy) is 2. The second-order valence-corrected chi connectivity index (χ2v) is 6.38. The fourth-order valence-electron chi connectivity index (χ4n) is 2.66. The van der Waals surface area contributed by atoms with Crippen LogP contribution in [0.3, 0.4) is 0 Å². The number of nitrogens with one attached hydrogen (secondary N) is 1. The van der Waals surface area contributed by atoms with Crippen molar-refractivity contribution in [3.8, 4) is 17.2 Å². The topological polar surface area (TPSA) is 80.7 Å². The van der Waals surface area contributed by atoms with E-state index in [1.165, 1.54) is 0 Å². The van der Waals surface area contributed by atoms with Gasteiger partial charge >= 0.3 is 0 Å². The van der Waals surface area contributed by atoms with Gasteiger partial charge in [0.15, 0.2) is 0 Å². The van der Waals surface area contributed by atoms with E-state index in [2.05, 4.69) is 4.98 Å². The molecule has 1 amide bonds. The summed E-state index contributed by atoms with van der Waals surface area (Å²) in [4.78, 5) is 16.1. The molecule has 3 rings (SSSR count). The van der Waals surface area contributed by atoms with Gasteiger partial charge in [-0.2, -0.15) is 0 Å². The molecule has 2 N–H and O–H groups in total. The molecule has 0 aliphatic heterocycles. The molecule has 0 saturated carbocycles. The van der Waals surface area contributed by atoms with Gasteiger partial charge in [-0.1, -0.05) is 12.1 Å². The first-order valence-electron chi connectivity index (χ1n) is 8.11. The van der Waals surface area contributed by atoms with Crippen molar-refractivity contribution in [3.63, 3.8) is 0 Å². The maximum atomic E-state index is 11.8. The van der Waals surface area contributed by atoms with Gasteiger partial charge in [0.1, 0.15) is 17.2 Å². The highest BCUT2D eigenvalue weighted by Crippen LogP contribution is 2.32. The highest BCUT2D eigenvalue weighted by molar-refractivity contribution is 5.87. The number of hydroxylamine groups is 1. The van der Waals surface area contributed by atoms with Gasteiger partial charge in [0.25, 0.3) is 5.91 Å². The predicted molar refractivity (Wildman–Crippen MR) is 97.8 cm³/mol. The molecule has 0 fully saturated rings. The fourth-order valence-corrected chi connectivity index (χ4v) is 2.66. The molecule has 0 saturated heterocycles. The molecule has 1 heterocycles. The average Bonchev–Trinajstić information content (AvgIpc) is 2.67. The number of aromatic nitrogens is 1. The van der Waals surface area contributed by atoms with E-state index < -0.39 is 11.3 Å². The summed E-state index contributed by atoms with van der Waals surface area (Å²) in [6.07, 6.45) is 1.68. The highest BCUT2D eigenvalue weighted by Gasteiger charge is 2.29. The number of rotatable bonds is 5.